The highest BCUT2D eigenvalue weighted by Crippen LogP contribution is 2.33. The van der Waals surface area contributed by atoms with Gasteiger partial charge in [-0.3, -0.25) is 9.48 Å². The van der Waals surface area contributed by atoms with E-state index in [1.807, 2.05) is 61.2 Å². The first kappa shape index (κ1) is 27.9. The number of ether oxygens (including phenoxy) is 1. The highest BCUT2D eigenvalue weighted by atomic mass is 35.5. The van der Waals surface area contributed by atoms with Gasteiger partial charge in [0.1, 0.15) is 12.4 Å². The first-order valence-corrected chi connectivity index (χ1v) is 14.4. The van der Waals surface area contributed by atoms with Crippen LogP contribution in [-0.2, 0) is 11.3 Å². The molecule has 1 aliphatic rings. The van der Waals surface area contributed by atoms with E-state index in [2.05, 4.69) is 37.1 Å². The van der Waals surface area contributed by atoms with E-state index in [0.29, 0.717) is 59.4 Å². The third-order valence-corrected chi connectivity index (χ3v) is 7.94. The molecule has 0 spiro atoms. The fraction of sp³-hybridized carbons (Fsp3) is 0.323. The molecule has 0 atom stereocenters. The van der Waals surface area contributed by atoms with Gasteiger partial charge in [0.05, 0.1) is 28.7 Å². The topological polar surface area (TPSA) is 122 Å². The highest BCUT2D eigenvalue weighted by molar-refractivity contribution is 6.33. The number of halogens is 1. The number of benzene rings is 2. The van der Waals surface area contributed by atoms with E-state index in [-0.39, 0.29) is 12.0 Å². The van der Waals surface area contributed by atoms with Crippen LogP contribution in [0, 0.1) is 5.92 Å². The average Bonchev–Trinajstić information content (AvgIpc) is 3.62. The summed E-state index contributed by atoms with van der Waals surface area (Å²) in [6.07, 6.45) is 4.28. The minimum absolute atomic E-state index is 0.0700. The molecule has 1 fully saturated rings. The van der Waals surface area contributed by atoms with E-state index in [1.54, 1.807) is 6.33 Å². The summed E-state index contributed by atoms with van der Waals surface area (Å²) in [5, 5.41) is 14.3. The number of imidazole rings is 1. The maximum absolute atomic E-state index is 11.2. The van der Waals surface area contributed by atoms with Gasteiger partial charge in [-0.25, -0.2) is 9.97 Å². The maximum Gasteiger partial charge on any atom is 0.306 e. The van der Waals surface area contributed by atoms with E-state index >= 15 is 0 Å². The van der Waals surface area contributed by atoms with Gasteiger partial charge in [0.2, 0.25) is 0 Å². The van der Waals surface area contributed by atoms with Gasteiger partial charge < -0.3 is 19.7 Å². The molecule has 1 aliphatic carbocycles. The number of carboxylic acids is 1. The molecule has 3 aromatic heterocycles. The molecule has 0 saturated heterocycles. The summed E-state index contributed by atoms with van der Waals surface area (Å²) < 4.78 is 7.89. The van der Waals surface area contributed by atoms with Crippen LogP contribution in [0.3, 0.4) is 0 Å². The van der Waals surface area contributed by atoms with Crippen LogP contribution in [0.5, 0.6) is 6.01 Å². The van der Waals surface area contributed by atoms with Crippen LogP contribution in [0.1, 0.15) is 25.7 Å². The van der Waals surface area contributed by atoms with Crippen LogP contribution >= 0.6 is 11.6 Å². The minimum atomic E-state index is -0.734. The molecule has 10 nitrogen and oxygen atoms in total. The Balaban J connectivity index is 1.14. The molecule has 2 aromatic carbocycles. The molecular weight excluding hydrogens is 554 g/mol. The summed E-state index contributed by atoms with van der Waals surface area (Å²) >= 11 is 6.63. The Hall–Kier alpha value is -4.28. The van der Waals surface area contributed by atoms with Gasteiger partial charge in [-0.05, 0) is 57.0 Å². The Morgan fingerprint density at radius 3 is 2.29 bits per heavy atom. The second kappa shape index (κ2) is 11.9. The van der Waals surface area contributed by atoms with Crippen molar-refractivity contribution in [2.45, 2.75) is 38.3 Å². The first-order chi connectivity index (χ1) is 20.3. The van der Waals surface area contributed by atoms with Gasteiger partial charge in [0, 0.05) is 17.7 Å². The third kappa shape index (κ3) is 6.14. The fourth-order valence-corrected chi connectivity index (χ4v) is 5.47. The van der Waals surface area contributed by atoms with Crippen molar-refractivity contribution in [2.24, 2.45) is 5.92 Å². The molecule has 1 saturated carbocycles. The third-order valence-electron chi connectivity index (χ3n) is 7.65. The predicted octanol–water partition coefficient (Wildman–Crippen LogP) is 5.79. The standard InChI is InChI=1S/C31H32ClN7O3/c1-38(2)15-16-39-18-33-28(37-39)22-9-5-20(6-10-22)19-3-7-21(8-4-19)27-25(32)17-26-29(35-27)36-31(34-26)42-24-13-11-23(12-14-24)30(40)41/h3-10,17-18,23-24H,11-16H2,1-2H3,(H,40,41)(H,34,35,36)/t23-,24-. The fourth-order valence-electron chi connectivity index (χ4n) is 5.21. The van der Waals surface area contributed by atoms with Crippen molar-refractivity contribution in [3.05, 3.63) is 65.9 Å². The summed E-state index contributed by atoms with van der Waals surface area (Å²) in [6.45, 7) is 1.70. The Labute approximate surface area is 248 Å². The quantitative estimate of drug-likeness (QED) is 0.223. The summed E-state index contributed by atoms with van der Waals surface area (Å²) in [4.78, 5) is 30.2. The summed E-state index contributed by atoms with van der Waals surface area (Å²) in [5.74, 6) is -0.313. The van der Waals surface area contributed by atoms with Crippen LogP contribution in [0.2, 0.25) is 5.02 Å². The number of carbonyl (C=O) groups is 1. The van der Waals surface area contributed by atoms with Crippen molar-refractivity contribution in [3.8, 4) is 39.8 Å². The maximum atomic E-state index is 11.2. The van der Waals surface area contributed by atoms with Crippen LogP contribution in [0.4, 0.5) is 0 Å². The Kier molecular flexibility index (Phi) is 7.90. The van der Waals surface area contributed by atoms with Gasteiger partial charge in [-0.2, -0.15) is 10.1 Å². The Bertz CT molecular complexity index is 1690. The van der Waals surface area contributed by atoms with Crippen molar-refractivity contribution in [3.63, 3.8) is 0 Å². The lowest BCUT2D eigenvalue weighted by molar-refractivity contribution is -0.143. The van der Waals surface area contributed by atoms with Crippen molar-refractivity contribution < 1.29 is 14.6 Å². The molecule has 0 aliphatic heterocycles. The lowest BCUT2D eigenvalue weighted by atomic mass is 9.87. The minimum Gasteiger partial charge on any atom is -0.481 e. The second-order valence-electron chi connectivity index (χ2n) is 11.0. The molecule has 2 N–H and O–H groups in total. The van der Waals surface area contributed by atoms with Crippen molar-refractivity contribution in [1.29, 1.82) is 0 Å². The Morgan fingerprint density at radius 1 is 1.00 bits per heavy atom. The monoisotopic (exact) mass is 585 g/mol. The van der Waals surface area contributed by atoms with Crippen LogP contribution in [0.25, 0.3) is 44.9 Å². The van der Waals surface area contributed by atoms with Gasteiger partial charge in [0.25, 0.3) is 6.01 Å². The van der Waals surface area contributed by atoms with Crippen molar-refractivity contribution in [1.82, 2.24) is 34.6 Å². The highest BCUT2D eigenvalue weighted by Gasteiger charge is 2.27. The van der Waals surface area contributed by atoms with E-state index in [1.165, 1.54) is 0 Å². The number of hydrogen-bond acceptors (Lipinski definition) is 7. The molecule has 6 rings (SSSR count). The zero-order chi connectivity index (χ0) is 29.2. The van der Waals surface area contributed by atoms with Crippen LogP contribution in [0.15, 0.2) is 60.9 Å². The van der Waals surface area contributed by atoms with E-state index < -0.39 is 5.97 Å². The number of H-pyrrole nitrogens is 1. The number of nitrogens with zero attached hydrogens (tertiary/aromatic N) is 6. The van der Waals surface area contributed by atoms with E-state index in [0.717, 1.165) is 35.3 Å². The molecular formula is C31H32ClN7O3. The van der Waals surface area contributed by atoms with Crippen molar-refractivity contribution >= 4 is 28.7 Å². The number of aromatic amines is 1. The Morgan fingerprint density at radius 2 is 1.64 bits per heavy atom. The number of fused-ring (bicyclic) bond motifs is 1. The SMILES string of the molecule is CN(C)CCn1cnc(-c2ccc(-c3ccc(-c4nc5nc(O[C@H]6CC[C@H](C(=O)O)CC6)[nH]c5cc4Cl)cc3)cc2)n1. The van der Waals surface area contributed by atoms with Crippen LogP contribution < -0.4 is 4.74 Å². The molecule has 0 unspecified atom stereocenters. The molecule has 42 heavy (non-hydrogen) atoms. The normalized spacial score (nSPS) is 17.1. The largest absolute Gasteiger partial charge is 0.481 e. The van der Waals surface area contributed by atoms with Crippen molar-refractivity contribution in [2.75, 3.05) is 20.6 Å². The molecule has 3 heterocycles. The zero-order valence-corrected chi connectivity index (χ0v) is 24.3. The number of carboxylic acid groups (broad SMARTS) is 1. The van der Waals surface area contributed by atoms with Gasteiger partial charge in [-0.1, -0.05) is 60.1 Å². The second-order valence-corrected chi connectivity index (χ2v) is 11.4. The molecule has 0 amide bonds. The van der Waals surface area contributed by atoms with E-state index in [4.69, 9.17) is 21.3 Å². The number of rotatable bonds is 9. The van der Waals surface area contributed by atoms with E-state index in [9.17, 15) is 9.90 Å². The number of aliphatic carboxylic acids is 1. The zero-order valence-electron chi connectivity index (χ0n) is 23.5. The number of hydrogen-bond donors (Lipinski definition) is 2. The summed E-state index contributed by atoms with van der Waals surface area (Å²) in [7, 11) is 4.08. The molecule has 5 aromatic rings. The number of pyridine rings is 1. The number of likely N-dealkylation sites (N-methyl/N-ethyl adjacent to an activating group) is 1. The predicted molar refractivity (Wildman–Crippen MR) is 161 cm³/mol. The first-order valence-electron chi connectivity index (χ1n) is 14.0. The van der Waals surface area contributed by atoms with Gasteiger partial charge in [0.15, 0.2) is 11.5 Å². The number of aromatic nitrogens is 6. The average molecular weight is 586 g/mol. The van der Waals surface area contributed by atoms with Gasteiger partial charge >= 0.3 is 5.97 Å². The molecule has 11 heteroatoms. The molecule has 0 radical (unpaired) electrons. The molecule has 0 bridgehead atoms. The lowest BCUT2D eigenvalue weighted by Crippen LogP contribution is -2.28. The number of nitrogens with one attached hydrogen (secondary N) is 1. The smallest absolute Gasteiger partial charge is 0.306 e. The summed E-state index contributed by atoms with van der Waals surface area (Å²) in [5.41, 5.74) is 5.85. The van der Waals surface area contributed by atoms with Crippen LogP contribution in [-0.4, -0.2) is 72.4 Å². The van der Waals surface area contributed by atoms with Gasteiger partial charge in [-0.15, -0.1) is 0 Å². The lowest BCUT2D eigenvalue weighted by Gasteiger charge is -2.25. The molecule has 216 valence electrons. The summed E-state index contributed by atoms with van der Waals surface area (Å²) in [6, 6.07) is 18.5.